The molecule has 17 heavy (non-hydrogen) atoms. The molecule has 0 saturated heterocycles. The van der Waals surface area contributed by atoms with Gasteiger partial charge in [0.05, 0.1) is 0 Å². The minimum Gasteiger partial charge on any atom is -0.372 e. The second kappa shape index (κ2) is 7.11. The molecule has 0 aliphatic heterocycles. The van der Waals surface area contributed by atoms with Gasteiger partial charge in [0.15, 0.2) is 5.69 Å². The first-order valence-corrected chi connectivity index (χ1v) is 6.73. The molecule has 0 aliphatic rings. The normalized spacial score (nSPS) is 11.9. The van der Waals surface area contributed by atoms with Crippen LogP contribution in [-0.4, -0.2) is 40.7 Å². The van der Waals surface area contributed by atoms with Gasteiger partial charge in [0.25, 0.3) is 5.91 Å². The summed E-state index contributed by atoms with van der Waals surface area (Å²) < 4.78 is 0. The molecular weight excluding hydrogens is 236 g/mol. The third-order valence-corrected chi connectivity index (χ3v) is 3.25. The van der Waals surface area contributed by atoms with Gasteiger partial charge in [0.2, 0.25) is 0 Å². The maximum Gasteiger partial charge on any atom is 0.272 e. The highest BCUT2D eigenvalue weighted by atomic mass is 32.2. The topological polar surface area (TPSA) is 66.9 Å². The number of nitrogens with zero attached hydrogens (tertiary/aromatic N) is 2. The van der Waals surface area contributed by atoms with Crippen LogP contribution in [0.4, 0.5) is 5.82 Å². The highest BCUT2D eigenvalue weighted by molar-refractivity contribution is 7.99. The maximum atomic E-state index is 11.8. The van der Waals surface area contributed by atoms with E-state index in [-0.39, 0.29) is 11.9 Å². The van der Waals surface area contributed by atoms with Crippen molar-refractivity contribution in [1.29, 1.82) is 0 Å². The Morgan fingerprint density at radius 2 is 2.24 bits per heavy atom. The summed E-state index contributed by atoms with van der Waals surface area (Å²) in [5.41, 5.74) is 0.345. The molecule has 6 heteroatoms. The van der Waals surface area contributed by atoms with E-state index in [4.69, 9.17) is 0 Å². The lowest BCUT2D eigenvalue weighted by molar-refractivity contribution is 0.0938. The molecule has 0 bridgehead atoms. The fourth-order valence-corrected chi connectivity index (χ4v) is 1.89. The number of carbonyl (C=O) groups is 1. The molecule has 1 unspecified atom stereocenters. The van der Waals surface area contributed by atoms with E-state index in [9.17, 15) is 4.79 Å². The summed E-state index contributed by atoms with van der Waals surface area (Å²) >= 11 is 1.80. The molecule has 1 rings (SSSR count). The Kier molecular flexibility index (Phi) is 5.76. The van der Waals surface area contributed by atoms with Gasteiger partial charge in [0.1, 0.15) is 5.82 Å². The van der Waals surface area contributed by atoms with Crippen LogP contribution in [0.25, 0.3) is 0 Å². The Balaban J connectivity index is 2.51. The summed E-state index contributed by atoms with van der Waals surface area (Å²) in [6, 6.07) is 3.53. The Morgan fingerprint density at radius 3 is 2.76 bits per heavy atom. The standard InChI is InChI=1S/C11H18N4OS/c1-4-17-7-8(2)13-11(16)9-5-6-10(12-3)15-14-9/h5-6,8H,4,7H2,1-3H3,(H,12,15)(H,13,16). The molecule has 0 fully saturated rings. The fraction of sp³-hybridized carbons (Fsp3) is 0.545. The van der Waals surface area contributed by atoms with Crippen molar-refractivity contribution in [2.75, 3.05) is 23.9 Å². The van der Waals surface area contributed by atoms with Crippen molar-refractivity contribution in [3.8, 4) is 0 Å². The van der Waals surface area contributed by atoms with Crippen LogP contribution >= 0.6 is 11.8 Å². The van der Waals surface area contributed by atoms with Crippen molar-refractivity contribution in [2.24, 2.45) is 0 Å². The number of thioether (sulfide) groups is 1. The average molecular weight is 254 g/mol. The molecule has 1 aromatic rings. The van der Waals surface area contributed by atoms with Crippen molar-refractivity contribution in [2.45, 2.75) is 19.9 Å². The van der Waals surface area contributed by atoms with Crippen molar-refractivity contribution >= 4 is 23.5 Å². The fourth-order valence-electron chi connectivity index (χ4n) is 1.22. The molecule has 0 aromatic carbocycles. The highest BCUT2D eigenvalue weighted by Crippen LogP contribution is 2.04. The van der Waals surface area contributed by atoms with Crippen molar-refractivity contribution in [1.82, 2.24) is 15.5 Å². The van der Waals surface area contributed by atoms with Crippen LogP contribution in [0.3, 0.4) is 0 Å². The Bertz CT molecular complexity index is 355. The van der Waals surface area contributed by atoms with E-state index in [0.29, 0.717) is 11.5 Å². The van der Waals surface area contributed by atoms with Crippen LogP contribution in [0.2, 0.25) is 0 Å². The Morgan fingerprint density at radius 1 is 1.47 bits per heavy atom. The van der Waals surface area contributed by atoms with Gasteiger partial charge in [-0.15, -0.1) is 10.2 Å². The van der Waals surface area contributed by atoms with E-state index < -0.39 is 0 Å². The SMILES string of the molecule is CCSCC(C)NC(=O)c1ccc(NC)nn1. The van der Waals surface area contributed by atoms with E-state index in [0.717, 1.165) is 11.5 Å². The zero-order chi connectivity index (χ0) is 12.7. The molecule has 2 N–H and O–H groups in total. The largest absolute Gasteiger partial charge is 0.372 e. The lowest BCUT2D eigenvalue weighted by Crippen LogP contribution is -2.34. The maximum absolute atomic E-state index is 11.8. The summed E-state index contributed by atoms with van der Waals surface area (Å²) in [7, 11) is 1.76. The second-order valence-electron chi connectivity index (χ2n) is 3.59. The number of carbonyl (C=O) groups excluding carboxylic acids is 1. The van der Waals surface area contributed by atoms with Gasteiger partial charge in [-0.3, -0.25) is 4.79 Å². The van der Waals surface area contributed by atoms with Crippen molar-refractivity contribution < 1.29 is 4.79 Å². The summed E-state index contributed by atoms with van der Waals surface area (Å²) in [5.74, 6) is 2.43. The Hall–Kier alpha value is -1.30. The van der Waals surface area contributed by atoms with Gasteiger partial charge in [-0.25, -0.2) is 0 Å². The molecule has 1 aromatic heterocycles. The Labute approximate surface area is 106 Å². The summed E-state index contributed by atoms with van der Waals surface area (Å²) in [5, 5.41) is 13.5. The number of amides is 1. The number of hydrogen-bond donors (Lipinski definition) is 2. The lowest BCUT2D eigenvalue weighted by atomic mass is 10.3. The molecule has 5 nitrogen and oxygen atoms in total. The predicted octanol–water partition coefficient (Wildman–Crippen LogP) is 1.39. The van der Waals surface area contributed by atoms with E-state index in [1.54, 1.807) is 30.9 Å². The number of hydrogen-bond acceptors (Lipinski definition) is 5. The van der Waals surface area contributed by atoms with Gasteiger partial charge in [0, 0.05) is 18.8 Å². The van der Waals surface area contributed by atoms with E-state index >= 15 is 0 Å². The van der Waals surface area contributed by atoms with Crippen LogP contribution in [0, 0.1) is 0 Å². The first-order chi connectivity index (χ1) is 8.17. The zero-order valence-electron chi connectivity index (χ0n) is 10.4. The molecule has 0 saturated carbocycles. The lowest BCUT2D eigenvalue weighted by Gasteiger charge is -2.12. The predicted molar refractivity (Wildman–Crippen MR) is 71.5 cm³/mol. The van der Waals surface area contributed by atoms with Crippen LogP contribution in [0.1, 0.15) is 24.3 Å². The number of anilines is 1. The molecule has 0 aliphatic carbocycles. The minimum absolute atomic E-state index is 0.137. The first kappa shape index (κ1) is 13.8. The molecule has 1 atom stereocenters. The summed E-state index contributed by atoms with van der Waals surface area (Å²) in [6.07, 6.45) is 0. The van der Waals surface area contributed by atoms with Gasteiger partial charge < -0.3 is 10.6 Å². The molecular formula is C11H18N4OS. The number of nitrogens with one attached hydrogen (secondary N) is 2. The monoisotopic (exact) mass is 254 g/mol. The van der Waals surface area contributed by atoms with Gasteiger partial charge in [-0.05, 0) is 24.8 Å². The van der Waals surface area contributed by atoms with Crippen LogP contribution in [0.5, 0.6) is 0 Å². The summed E-state index contributed by atoms with van der Waals surface area (Å²) in [6.45, 7) is 4.08. The quantitative estimate of drug-likeness (QED) is 0.803. The van der Waals surface area contributed by atoms with Crippen molar-refractivity contribution in [3.63, 3.8) is 0 Å². The number of rotatable bonds is 6. The van der Waals surface area contributed by atoms with E-state index in [1.807, 2.05) is 6.92 Å². The third kappa shape index (κ3) is 4.60. The van der Waals surface area contributed by atoms with Gasteiger partial charge in [-0.1, -0.05) is 6.92 Å². The van der Waals surface area contributed by atoms with E-state index in [1.165, 1.54) is 0 Å². The van der Waals surface area contributed by atoms with Crippen molar-refractivity contribution in [3.05, 3.63) is 17.8 Å². The van der Waals surface area contributed by atoms with Crippen LogP contribution in [0.15, 0.2) is 12.1 Å². The minimum atomic E-state index is -0.177. The third-order valence-electron chi connectivity index (χ3n) is 2.10. The van der Waals surface area contributed by atoms with Gasteiger partial charge >= 0.3 is 0 Å². The number of aromatic nitrogens is 2. The molecule has 1 amide bonds. The average Bonchev–Trinajstić information content (AvgIpc) is 2.36. The molecule has 0 spiro atoms. The molecule has 0 radical (unpaired) electrons. The highest BCUT2D eigenvalue weighted by Gasteiger charge is 2.11. The summed E-state index contributed by atoms with van der Waals surface area (Å²) in [4.78, 5) is 11.8. The zero-order valence-corrected chi connectivity index (χ0v) is 11.2. The van der Waals surface area contributed by atoms with Gasteiger partial charge in [-0.2, -0.15) is 11.8 Å². The van der Waals surface area contributed by atoms with Crippen LogP contribution in [-0.2, 0) is 0 Å². The smallest absolute Gasteiger partial charge is 0.272 e. The van der Waals surface area contributed by atoms with E-state index in [2.05, 4.69) is 27.8 Å². The molecule has 94 valence electrons. The van der Waals surface area contributed by atoms with Crippen LogP contribution < -0.4 is 10.6 Å². The second-order valence-corrected chi connectivity index (χ2v) is 4.91. The first-order valence-electron chi connectivity index (χ1n) is 5.57. The molecule has 1 heterocycles.